The Kier molecular flexibility index (Phi) is 12.0. The molecule has 0 aromatic heterocycles. The summed E-state index contributed by atoms with van der Waals surface area (Å²) in [5.74, 6) is 0.128. The van der Waals surface area contributed by atoms with Gasteiger partial charge in [-0.05, 0) is 43.7 Å². The molecule has 0 spiro atoms. The van der Waals surface area contributed by atoms with E-state index < -0.39 is 22.2 Å². The minimum Gasteiger partial charge on any atom is -0.378 e. The van der Waals surface area contributed by atoms with Crippen molar-refractivity contribution in [2.75, 3.05) is 51.8 Å². The molecule has 12 heteroatoms. The van der Waals surface area contributed by atoms with Crippen LogP contribution in [0.5, 0.6) is 0 Å². The van der Waals surface area contributed by atoms with Gasteiger partial charge in [-0.15, -0.1) is 0 Å². The monoisotopic (exact) mass is 616 g/mol. The lowest BCUT2D eigenvalue weighted by Gasteiger charge is -2.31. The molecule has 0 bridgehead atoms. The molecule has 3 amide bonds. The average Bonchev–Trinajstić information content (AvgIpc) is 3.00. The number of fused-ring (bicyclic) bond motifs is 1. The number of ether oxygens (including phenoxy) is 1. The number of urea groups is 1. The van der Waals surface area contributed by atoms with Gasteiger partial charge in [-0.3, -0.25) is 4.79 Å². The highest BCUT2D eigenvalue weighted by Crippen LogP contribution is 2.30. The fourth-order valence-electron chi connectivity index (χ4n) is 6.01. The van der Waals surface area contributed by atoms with E-state index in [0.717, 1.165) is 36.8 Å². The van der Waals surface area contributed by atoms with Gasteiger partial charge in [0.25, 0.3) is 0 Å². The predicted octanol–water partition coefficient (Wildman–Crippen LogP) is 3.14. The van der Waals surface area contributed by atoms with Gasteiger partial charge < -0.3 is 30.9 Å². The maximum atomic E-state index is 13.3. The molecule has 2 aromatic carbocycles. The standard InChI is InChI=1S/C31H48N6O5S/c1-36(2)27-14-8-13-25-24(27)12-9-15-28(25)43(40,41)33-17-7-6-16-29(32)35-30(38)26(22-23-10-4-3-5-11-23)34-31(39)37-18-20-42-21-19-37/h8-9,12-15,23,26,29,33H,3-7,10-11,16-22,32H2,1-2H3,(H,34,39)(H,35,38)/t26-,29-/m0/s1. The molecule has 43 heavy (non-hydrogen) atoms. The Morgan fingerprint density at radius 3 is 2.42 bits per heavy atom. The lowest BCUT2D eigenvalue weighted by Crippen LogP contribution is -2.56. The normalized spacial score (nSPS) is 17.8. The van der Waals surface area contributed by atoms with Crippen LogP contribution in [0.2, 0.25) is 0 Å². The first-order valence-electron chi connectivity index (χ1n) is 15.5. The molecular weight excluding hydrogens is 568 g/mol. The number of unbranched alkanes of at least 4 members (excludes halogenated alkanes) is 1. The van der Waals surface area contributed by atoms with E-state index in [1.165, 1.54) is 6.42 Å². The molecule has 1 heterocycles. The third-order valence-electron chi connectivity index (χ3n) is 8.40. The number of hydrogen-bond donors (Lipinski definition) is 4. The van der Waals surface area contributed by atoms with E-state index in [1.54, 1.807) is 17.0 Å². The highest BCUT2D eigenvalue weighted by molar-refractivity contribution is 7.89. The number of sulfonamides is 1. The second-order valence-electron chi connectivity index (χ2n) is 11.9. The fraction of sp³-hybridized carbons (Fsp3) is 0.613. The Bertz CT molecular complexity index is 1330. The van der Waals surface area contributed by atoms with Crippen molar-refractivity contribution in [3.63, 3.8) is 0 Å². The van der Waals surface area contributed by atoms with Crippen LogP contribution in [0, 0.1) is 5.92 Å². The van der Waals surface area contributed by atoms with Crippen LogP contribution in [0.3, 0.4) is 0 Å². The summed E-state index contributed by atoms with van der Waals surface area (Å²) in [4.78, 5) is 30.0. The number of benzene rings is 2. The molecule has 238 valence electrons. The minimum absolute atomic E-state index is 0.246. The SMILES string of the molecule is CN(C)c1cccc2c(S(=O)(=O)NCCCC[C@@H](N)NC(=O)[C@H](CC3CCCCC3)NC(=O)N3CCOCC3)cccc12. The Balaban J connectivity index is 1.26. The van der Waals surface area contributed by atoms with Crippen molar-refractivity contribution in [2.45, 2.75) is 74.9 Å². The molecule has 1 aliphatic heterocycles. The zero-order valence-electron chi connectivity index (χ0n) is 25.5. The van der Waals surface area contributed by atoms with Crippen LogP contribution in [0.25, 0.3) is 10.8 Å². The number of carbonyl (C=O) groups excluding carboxylic acids is 2. The summed E-state index contributed by atoms with van der Waals surface area (Å²) in [6.45, 7) is 2.25. The van der Waals surface area contributed by atoms with Gasteiger partial charge in [-0.2, -0.15) is 0 Å². The van der Waals surface area contributed by atoms with E-state index in [9.17, 15) is 18.0 Å². The summed E-state index contributed by atoms with van der Waals surface area (Å²) in [5.41, 5.74) is 7.22. The summed E-state index contributed by atoms with van der Waals surface area (Å²) < 4.78 is 34.4. The number of rotatable bonds is 13. The Labute approximate surface area is 255 Å². The summed E-state index contributed by atoms with van der Waals surface area (Å²) in [7, 11) is 0.144. The molecule has 2 aromatic rings. The molecule has 0 radical (unpaired) electrons. The molecular formula is C31H48N6O5S. The number of amides is 3. The molecule has 11 nitrogen and oxygen atoms in total. The van der Waals surface area contributed by atoms with Gasteiger partial charge >= 0.3 is 6.03 Å². The maximum Gasteiger partial charge on any atom is 0.318 e. The molecule has 4 rings (SSSR count). The van der Waals surface area contributed by atoms with Gasteiger partial charge in [0, 0.05) is 50.2 Å². The van der Waals surface area contributed by atoms with E-state index in [2.05, 4.69) is 15.4 Å². The van der Waals surface area contributed by atoms with E-state index in [-0.39, 0.29) is 23.4 Å². The van der Waals surface area contributed by atoms with Crippen molar-refractivity contribution in [1.29, 1.82) is 0 Å². The quantitative estimate of drug-likeness (QED) is 0.200. The summed E-state index contributed by atoms with van der Waals surface area (Å²) in [5, 5.41) is 7.39. The Hall–Kier alpha value is -2.93. The van der Waals surface area contributed by atoms with Crippen LogP contribution in [-0.4, -0.2) is 84.4 Å². The minimum atomic E-state index is -3.72. The third-order valence-corrected chi connectivity index (χ3v) is 9.92. The molecule has 1 saturated heterocycles. The van der Waals surface area contributed by atoms with Gasteiger partial charge in [0.2, 0.25) is 15.9 Å². The smallest absolute Gasteiger partial charge is 0.318 e. The van der Waals surface area contributed by atoms with E-state index >= 15 is 0 Å². The lowest BCUT2D eigenvalue weighted by atomic mass is 9.84. The number of nitrogens with zero attached hydrogens (tertiary/aromatic N) is 2. The first kappa shape index (κ1) is 33.0. The first-order valence-corrected chi connectivity index (χ1v) is 17.0. The number of nitrogens with two attached hydrogens (primary N) is 1. The lowest BCUT2D eigenvalue weighted by molar-refractivity contribution is -0.124. The average molecular weight is 617 g/mol. The molecule has 2 aliphatic rings. The van der Waals surface area contributed by atoms with E-state index in [0.29, 0.717) is 63.3 Å². The van der Waals surface area contributed by atoms with Crippen molar-refractivity contribution < 1.29 is 22.7 Å². The molecule has 1 aliphatic carbocycles. The molecule has 2 fully saturated rings. The number of anilines is 1. The van der Waals surface area contributed by atoms with Crippen molar-refractivity contribution in [3.8, 4) is 0 Å². The van der Waals surface area contributed by atoms with Crippen molar-refractivity contribution >= 4 is 38.4 Å². The van der Waals surface area contributed by atoms with Gasteiger partial charge in [0.1, 0.15) is 6.04 Å². The molecule has 2 atom stereocenters. The van der Waals surface area contributed by atoms with Crippen molar-refractivity contribution in [3.05, 3.63) is 36.4 Å². The number of morpholine rings is 1. The van der Waals surface area contributed by atoms with E-state index in [4.69, 9.17) is 10.5 Å². The van der Waals surface area contributed by atoms with E-state index in [1.807, 2.05) is 43.3 Å². The van der Waals surface area contributed by atoms with Gasteiger partial charge in [-0.1, -0.05) is 56.4 Å². The van der Waals surface area contributed by atoms with Gasteiger partial charge in [0.15, 0.2) is 0 Å². The number of hydrogen-bond acceptors (Lipinski definition) is 7. The zero-order valence-corrected chi connectivity index (χ0v) is 26.3. The van der Waals surface area contributed by atoms with Crippen LogP contribution < -0.4 is 26.0 Å². The maximum absolute atomic E-state index is 13.3. The second-order valence-corrected chi connectivity index (χ2v) is 13.6. The zero-order chi connectivity index (χ0) is 30.8. The summed E-state index contributed by atoms with van der Waals surface area (Å²) in [6.07, 6.45) is 7.32. The van der Waals surface area contributed by atoms with Crippen LogP contribution in [0.4, 0.5) is 10.5 Å². The van der Waals surface area contributed by atoms with Crippen LogP contribution in [0.1, 0.15) is 57.8 Å². The molecule has 0 unspecified atom stereocenters. The summed E-state index contributed by atoms with van der Waals surface area (Å²) >= 11 is 0. The van der Waals surface area contributed by atoms with Crippen molar-refractivity contribution in [1.82, 2.24) is 20.3 Å². The predicted molar refractivity (Wildman–Crippen MR) is 169 cm³/mol. The van der Waals surface area contributed by atoms with Gasteiger partial charge in [0.05, 0.1) is 24.3 Å². The van der Waals surface area contributed by atoms with Gasteiger partial charge in [-0.25, -0.2) is 17.9 Å². The van der Waals surface area contributed by atoms with Crippen LogP contribution in [0.15, 0.2) is 41.3 Å². The first-order chi connectivity index (χ1) is 20.7. The van der Waals surface area contributed by atoms with Crippen LogP contribution >= 0.6 is 0 Å². The molecule has 5 N–H and O–H groups in total. The summed E-state index contributed by atoms with van der Waals surface area (Å²) in [6, 6.07) is 10.1. The number of carbonyl (C=O) groups is 2. The Morgan fingerprint density at radius 2 is 1.70 bits per heavy atom. The fourth-order valence-corrected chi connectivity index (χ4v) is 7.31. The number of nitrogens with one attached hydrogen (secondary N) is 3. The highest BCUT2D eigenvalue weighted by Gasteiger charge is 2.29. The Morgan fingerprint density at radius 1 is 1.00 bits per heavy atom. The largest absolute Gasteiger partial charge is 0.378 e. The van der Waals surface area contributed by atoms with Crippen LogP contribution in [-0.2, 0) is 19.6 Å². The third kappa shape index (κ3) is 9.28. The highest BCUT2D eigenvalue weighted by atomic mass is 32.2. The topological polar surface area (TPSA) is 146 Å². The molecule has 1 saturated carbocycles. The van der Waals surface area contributed by atoms with Crippen molar-refractivity contribution in [2.24, 2.45) is 11.7 Å². The second kappa shape index (κ2) is 15.7.